The van der Waals surface area contributed by atoms with Crippen LogP contribution in [0.4, 0.5) is 0 Å². The third-order valence-electron chi connectivity index (χ3n) is 2.83. The molecule has 0 bridgehead atoms. The zero-order valence-electron chi connectivity index (χ0n) is 10.1. The lowest BCUT2D eigenvalue weighted by molar-refractivity contribution is 0.0681. The highest BCUT2D eigenvalue weighted by Gasteiger charge is 2.18. The lowest BCUT2D eigenvalue weighted by atomic mass is 10.1. The molecule has 0 aromatic carbocycles. The molecule has 2 heterocycles. The molecule has 6 nitrogen and oxygen atoms in total. The van der Waals surface area contributed by atoms with Crippen LogP contribution in [0.5, 0.6) is 5.75 Å². The maximum Gasteiger partial charge on any atom is 0.352 e. The summed E-state index contributed by atoms with van der Waals surface area (Å²) < 4.78 is 1.11. The molecule has 0 saturated carbocycles. The van der Waals surface area contributed by atoms with Gasteiger partial charge >= 0.3 is 5.97 Å². The zero-order valence-corrected chi connectivity index (χ0v) is 10.1. The summed E-state index contributed by atoms with van der Waals surface area (Å²) in [6.07, 6.45) is 3.16. The summed E-state index contributed by atoms with van der Waals surface area (Å²) >= 11 is 0. The first kappa shape index (κ1) is 12.8. The van der Waals surface area contributed by atoms with Gasteiger partial charge in [0.25, 0.3) is 5.56 Å². The first-order valence-corrected chi connectivity index (χ1v) is 5.59. The van der Waals surface area contributed by atoms with E-state index in [4.69, 9.17) is 5.11 Å². The fourth-order valence-corrected chi connectivity index (χ4v) is 1.90. The van der Waals surface area contributed by atoms with E-state index in [2.05, 4.69) is 4.98 Å². The first-order chi connectivity index (χ1) is 9.00. The number of aromatic hydroxyl groups is 1. The number of carboxylic acids is 1. The van der Waals surface area contributed by atoms with Gasteiger partial charge in [-0.1, -0.05) is 6.07 Å². The molecule has 0 radical (unpaired) electrons. The van der Waals surface area contributed by atoms with E-state index in [9.17, 15) is 14.7 Å². The Labute approximate surface area is 108 Å². The Balaban J connectivity index is 2.62. The van der Waals surface area contributed by atoms with Crippen LogP contribution in [0.1, 0.15) is 29.0 Å². The van der Waals surface area contributed by atoms with Crippen molar-refractivity contribution in [2.45, 2.75) is 13.0 Å². The van der Waals surface area contributed by atoms with Gasteiger partial charge in [0.1, 0.15) is 11.4 Å². The first-order valence-electron chi connectivity index (χ1n) is 5.59. The molecule has 98 valence electrons. The van der Waals surface area contributed by atoms with Crippen molar-refractivity contribution < 1.29 is 15.0 Å². The van der Waals surface area contributed by atoms with Crippen LogP contribution in [-0.2, 0) is 0 Å². The van der Waals surface area contributed by atoms with E-state index in [0.717, 1.165) is 16.7 Å². The molecular weight excluding hydrogens is 248 g/mol. The lowest BCUT2D eigenvalue weighted by Gasteiger charge is -2.18. The highest BCUT2D eigenvalue weighted by molar-refractivity contribution is 5.86. The van der Waals surface area contributed by atoms with Crippen molar-refractivity contribution in [3.8, 4) is 5.75 Å². The normalized spacial score (nSPS) is 12.1. The fourth-order valence-electron chi connectivity index (χ4n) is 1.90. The average molecular weight is 260 g/mol. The molecule has 19 heavy (non-hydrogen) atoms. The Bertz CT molecular complexity index is 664. The Morgan fingerprint density at radius 1 is 1.42 bits per heavy atom. The van der Waals surface area contributed by atoms with E-state index in [-0.39, 0.29) is 11.4 Å². The van der Waals surface area contributed by atoms with Crippen LogP contribution in [-0.4, -0.2) is 25.7 Å². The van der Waals surface area contributed by atoms with E-state index in [1.807, 2.05) is 0 Å². The predicted molar refractivity (Wildman–Crippen MR) is 67.4 cm³/mol. The molecule has 2 N–H and O–H groups in total. The number of hydrogen-bond donors (Lipinski definition) is 2. The Hall–Kier alpha value is -2.63. The molecule has 1 atom stereocenters. The summed E-state index contributed by atoms with van der Waals surface area (Å²) in [6.45, 7) is 1.70. The predicted octanol–water partition coefficient (Wildman–Crippen LogP) is 1.26. The Kier molecular flexibility index (Phi) is 3.33. The van der Waals surface area contributed by atoms with E-state index < -0.39 is 17.6 Å². The van der Waals surface area contributed by atoms with Crippen molar-refractivity contribution in [1.82, 2.24) is 9.55 Å². The van der Waals surface area contributed by atoms with Gasteiger partial charge in [-0.2, -0.15) is 0 Å². The largest absolute Gasteiger partial charge is 0.508 e. The minimum absolute atomic E-state index is 0.263. The molecule has 1 unspecified atom stereocenters. The molecular formula is C13H12N2O4. The van der Waals surface area contributed by atoms with Crippen LogP contribution in [0.2, 0.25) is 0 Å². The number of carbonyl (C=O) groups is 1. The lowest BCUT2D eigenvalue weighted by Crippen LogP contribution is -2.28. The topological polar surface area (TPSA) is 92.4 Å². The summed E-state index contributed by atoms with van der Waals surface area (Å²) in [5.41, 5.74) is -0.132. The third-order valence-corrected chi connectivity index (χ3v) is 2.83. The Morgan fingerprint density at radius 3 is 2.74 bits per heavy atom. The molecule has 2 rings (SSSR count). The maximum absolute atomic E-state index is 11.9. The molecule has 0 aliphatic heterocycles. The van der Waals surface area contributed by atoms with Gasteiger partial charge in [-0.3, -0.25) is 14.3 Å². The summed E-state index contributed by atoms with van der Waals surface area (Å²) in [5, 5.41) is 18.5. The van der Waals surface area contributed by atoms with Crippen molar-refractivity contribution in [1.29, 1.82) is 0 Å². The highest BCUT2D eigenvalue weighted by Crippen LogP contribution is 2.19. The number of pyridine rings is 2. The monoisotopic (exact) mass is 260 g/mol. The van der Waals surface area contributed by atoms with Crippen molar-refractivity contribution >= 4 is 5.97 Å². The van der Waals surface area contributed by atoms with Crippen LogP contribution < -0.4 is 5.56 Å². The molecule has 0 fully saturated rings. The van der Waals surface area contributed by atoms with Gasteiger partial charge in [-0.05, 0) is 18.6 Å². The van der Waals surface area contributed by atoms with E-state index >= 15 is 0 Å². The minimum atomic E-state index is -1.27. The number of aromatic nitrogens is 2. The van der Waals surface area contributed by atoms with Gasteiger partial charge in [0.2, 0.25) is 0 Å². The van der Waals surface area contributed by atoms with Crippen LogP contribution in [0.25, 0.3) is 0 Å². The van der Waals surface area contributed by atoms with E-state index in [1.54, 1.807) is 31.5 Å². The van der Waals surface area contributed by atoms with Gasteiger partial charge in [-0.25, -0.2) is 4.79 Å². The summed E-state index contributed by atoms with van der Waals surface area (Å²) in [5.74, 6) is -1.64. The third kappa shape index (κ3) is 2.47. The number of carboxylic acid groups (broad SMARTS) is 1. The second kappa shape index (κ2) is 4.93. The number of hydrogen-bond acceptors (Lipinski definition) is 4. The SMILES string of the molecule is CC(c1cccnc1)n1c(C(=O)O)cc(O)cc1=O. The van der Waals surface area contributed by atoms with Gasteiger partial charge < -0.3 is 10.2 Å². The standard InChI is InChI=1S/C13H12N2O4/c1-8(9-3-2-4-14-7-9)15-11(13(18)19)5-10(16)6-12(15)17/h2-8,16H,1H3,(H,18,19). The quantitative estimate of drug-likeness (QED) is 0.866. The van der Waals surface area contributed by atoms with Gasteiger partial charge in [-0.15, -0.1) is 0 Å². The number of aromatic carboxylic acids is 1. The second-order valence-corrected chi connectivity index (χ2v) is 4.07. The van der Waals surface area contributed by atoms with Crippen molar-refractivity contribution in [3.63, 3.8) is 0 Å². The number of nitrogens with zero attached hydrogens (tertiary/aromatic N) is 2. The zero-order chi connectivity index (χ0) is 14.0. The summed E-state index contributed by atoms with van der Waals surface area (Å²) in [4.78, 5) is 27.0. The Morgan fingerprint density at radius 2 is 2.16 bits per heavy atom. The molecule has 2 aromatic rings. The van der Waals surface area contributed by atoms with Gasteiger partial charge in [0, 0.05) is 24.5 Å². The molecule has 0 amide bonds. The van der Waals surface area contributed by atoms with Crippen molar-refractivity contribution in [2.24, 2.45) is 0 Å². The number of rotatable bonds is 3. The molecule has 0 spiro atoms. The van der Waals surface area contributed by atoms with E-state index in [1.165, 1.54) is 0 Å². The van der Waals surface area contributed by atoms with E-state index in [0.29, 0.717) is 5.56 Å². The highest BCUT2D eigenvalue weighted by atomic mass is 16.4. The van der Waals surface area contributed by atoms with Crippen LogP contribution >= 0.6 is 0 Å². The summed E-state index contributed by atoms with van der Waals surface area (Å²) in [6, 6.07) is 5.00. The molecule has 2 aromatic heterocycles. The average Bonchev–Trinajstić information content (AvgIpc) is 2.38. The fraction of sp³-hybridized carbons (Fsp3) is 0.154. The van der Waals surface area contributed by atoms with Crippen molar-refractivity contribution in [2.75, 3.05) is 0 Å². The van der Waals surface area contributed by atoms with Crippen LogP contribution in [0.15, 0.2) is 41.5 Å². The smallest absolute Gasteiger partial charge is 0.352 e. The van der Waals surface area contributed by atoms with Crippen LogP contribution in [0.3, 0.4) is 0 Å². The molecule has 0 saturated heterocycles. The van der Waals surface area contributed by atoms with Gasteiger partial charge in [0.15, 0.2) is 0 Å². The minimum Gasteiger partial charge on any atom is -0.508 e. The summed E-state index contributed by atoms with van der Waals surface area (Å²) in [7, 11) is 0. The van der Waals surface area contributed by atoms with Crippen LogP contribution in [0, 0.1) is 0 Å². The maximum atomic E-state index is 11.9. The molecule has 6 heteroatoms. The van der Waals surface area contributed by atoms with Crippen molar-refractivity contribution in [3.05, 3.63) is 58.3 Å². The molecule has 0 aliphatic carbocycles. The van der Waals surface area contributed by atoms with Gasteiger partial charge in [0.05, 0.1) is 6.04 Å². The second-order valence-electron chi connectivity index (χ2n) is 4.07. The molecule has 0 aliphatic rings.